The molecule has 1 unspecified atom stereocenters. The van der Waals surface area contributed by atoms with Crippen molar-refractivity contribution in [2.24, 2.45) is 0 Å². The molecule has 0 aliphatic heterocycles. The maximum atomic E-state index is 8.96. The second-order valence-electron chi connectivity index (χ2n) is 2.03. The van der Waals surface area contributed by atoms with Gasteiger partial charge in [0.2, 0.25) is 4.77 Å². The van der Waals surface area contributed by atoms with Gasteiger partial charge in [-0.25, -0.2) is 4.68 Å². The summed E-state index contributed by atoms with van der Waals surface area (Å²) in [6.07, 6.45) is -0.830. The molecule has 6 nitrogen and oxygen atoms in total. The first-order valence-electron chi connectivity index (χ1n) is 3.01. The largest absolute Gasteiger partial charge is 0.394 e. The molecule has 1 heterocycles. The number of aliphatic hydroxyl groups excluding tert-OH is 2. The van der Waals surface area contributed by atoms with Gasteiger partial charge in [0.05, 0.1) is 19.3 Å². The lowest BCUT2D eigenvalue weighted by atomic mass is 10.4. The Morgan fingerprint density at radius 3 is 2.91 bits per heavy atom. The summed E-state index contributed by atoms with van der Waals surface area (Å²) >= 11 is 4.72. The van der Waals surface area contributed by atoms with Crippen LogP contribution in [0.4, 0.5) is 0 Å². The fraction of sp³-hybridized carbons (Fsp3) is 0.750. The van der Waals surface area contributed by atoms with E-state index in [9.17, 15) is 0 Å². The van der Waals surface area contributed by atoms with Crippen LogP contribution in [0.15, 0.2) is 0 Å². The van der Waals surface area contributed by atoms with E-state index < -0.39 is 6.10 Å². The average Bonchev–Trinajstić information content (AvgIpc) is 2.37. The highest BCUT2D eigenvalue weighted by Crippen LogP contribution is 1.88. The topological polar surface area (TPSA) is 87.0 Å². The molecule has 0 saturated carbocycles. The Kier molecular flexibility index (Phi) is 2.69. The molecular formula is C4H8N4O2S. The Morgan fingerprint density at radius 2 is 2.45 bits per heavy atom. The normalized spacial score (nSPS) is 13.3. The molecule has 1 aromatic rings. The number of hydrogen-bond acceptors (Lipinski definition) is 5. The van der Waals surface area contributed by atoms with E-state index in [1.807, 2.05) is 0 Å². The average molecular weight is 176 g/mol. The van der Waals surface area contributed by atoms with E-state index in [1.54, 1.807) is 0 Å². The Bertz CT molecular complexity index is 269. The number of aromatic nitrogens is 4. The van der Waals surface area contributed by atoms with Crippen molar-refractivity contribution >= 4 is 12.2 Å². The molecule has 0 saturated heterocycles. The molecule has 0 aliphatic carbocycles. The molecule has 3 N–H and O–H groups in total. The van der Waals surface area contributed by atoms with Crippen LogP contribution < -0.4 is 0 Å². The predicted octanol–water partition coefficient (Wildman–Crippen LogP) is -1.31. The van der Waals surface area contributed by atoms with Crippen LogP contribution in [0, 0.1) is 4.77 Å². The van der Waals surface area contributed by atoms with Gasteiger partial charge in [-0.05, 0) is 12.2 Å². The predicted molar refractivity (Wildman–Crippen MR) is 38.3 cm³/mol. The lowest BCUT2D eigenvalue weighted by molar-refractivity contribution is 0.0774. The van der Waals surface area contributed by atoms with Crippen LogP contribution in [0.5, 0.6) is 0 Å². The van der Waals surface area contributed by atoms with Crippen molar-refractivity contribution in [1.82, 2.24) is 20.2 Å². The fourth-order valence-corrected chi connectivity index (χ4v) is 0.759. The summed E-state index contributed by atoms with van der Waals surface area (Å²) in [6, 6.07) is 0. The van der Waals surface area contributed by atoms with Crippen LogP contribution in [0.3, 0.4) is 0 Å². The molecule has 0 fully saturated rings. The van der Waals surface area contributed by atoms with E-state index in [-0.39, 0.29) is 17.9 Å². The molecule has 0 radical (unpaired) electrons. The van der Waals surface area contributed by atoms with Crippen molar-refractivity contribution in [3.63, 3.8) is 0 Å². The lowest BCUT2D eigenvalue weighted by Crippen LogP contribution is -2.20. The number of H-pyrrole nitrogens is 1. The van der Waals surface area contributed by atoms with E-state index >= 15 is 0 Å². The molecule has 1 aromatic heterocycles. The minimum absolute atomic E-state index is 0.183. The number of tetrazole rings is 1. The first-order valence-corrected chi connectivity index (χ1v) is 3.41. The van der Waals surface area contributed by atoms with Crippen LogP contribution in [-0.4, -0.2) is 43.1 Å². The first-order chi connectivity index (χ1) is 5.24. The minimum Gasteiger partial charge on any atom is -0.394 e. The summed E-state index contributed by atoms with van der Waals surface area (Å²) in [7, 11) is 0. The van der Waals surface area contributed by atoms with E-state index in [2.05, 4.69) is 15.5 Å². The number of aliphatic hydroxyl groups is 2. The highest BCUT2D eigenvalue weighted by Gasteiger charge is 2.03. The van der Waals surface area contributed by atoms with Crippen LogP contribution in [-0.2, 0) is 6.54 Å². The Hall–Kier alpha value is -0.790. The van der Waals surface area contributed by atoms with Crippen LogP contribution in [0.2, 0.25) is 0 Å². The van der Waals surface area contributed by atoms with Gasteiger partial charge in [-0.1, -0.05) is 10.3 Å². The van der Waals surface area contributed by atoms with Crippen LogP contribution in [0.25, 0.3) is 0 Å². The highest BCUT2D eigenvalue weighted by molar-refractivity contribution is 7.71. The van der Waals surface area contributed by atoms with Gasteiger partial charge < -0.3 is 10.2 Å². The fourth-order valence-electron chi connectivity index (χ4n) is 0.603. The summed E-state index contributed by atoms with van der Waals surface area (Å²) in [4.78, 5) is 0. The standard InChI is InChI=1S/C4H8N4O2S/c9-2-3(10)1-8-4(11)5-6-7-8/h3,9-10H,1-2H2,(H,5,7,11). The number of nitrogens with one attached hydrogen (secondary N) is 1. The molecule has 0 aromatic carbocycles. The molecule has 1 rings (SSSR count). The van der Waals surface area contributed by atoms with E-state index in [0.717, 1.165) is 0 Å². The zero-order valence-electron chi connectivity index (χ0n) is 5.64. The molecule has 62 valence electrons. The number of rotatable bonds is 3. The van der Waals surface area contributed by atoms with Crippen molar-refractivity contribution in [2.75, 3.05) is 6.61 Å². The molecule has 7 heteroatoms. The summed E-state index contributed by atoms with van der Waals surface area (Å²) < 4.78 is 1.63. The Balaban J connectivity index is 2.64. The van der Waals surface area contributed by atoms with Gasteiger partial charge in [-0.2, -0.15) is 5.21 Å². The lowest BCUT2D eigenvalue weighted by Gasteiger charge is -2.05. The maximum absolute atomic E-state index is 8.96. The number of hydrogen-bond donors (Lipinski definition) is 3. The Morgan fingerprint density at radius 1 is 1.73 bits per heavy atom. The maximum Gasteiger partial charge on any atom is 0.238 e. The molecule has 0 amide bonds. The second-order valence-corrected chi connectivity index (χ2v) is 2.39. The molecule has 0 aliphatic rings. The van der Waals surface area contributed by atoms with E-state index in [4.69, 9.17) is 22.4 Å². The van der Waals surface area contributed by atoms with Crippen molar-refractivity contribution in [3.05, 3.63) is 4.77 Å². The van der Waals surface area contributed by atoms with Crippen molar-refractivity contribution < 1.29 is 10.2 Å². The molecule has 11 heavy (non-hydrogen) atoms. The van der Waals surface area contributed by atoms with Gasteiger partial charge in [-0.3, -0.25) is 0 Å². The van der Waals surface area contributed by atoms with E-state index in [0.29, 0.717) is 0 Å². The van der Waals surface area contributed by atoms with Gasteiger partial charge in [0.25, 0.3) is 0 Å². The Labute approximate surface area is 67.5 Å². The van der Waals surface area contributed by atoms with Crippen LogP contribution in [0.1, 0.15) is 0 Å². The molecular weight excluding hydrogens is 168 g/mol. The number of aromatic amines is 1. The van der Waals surface area contributed by atoms with Crippen LogP contribution >= 0.6 is 12.2 Å². The van der Waals surface area contributed by atoms with Crippen molar-refractivity contribution in [1.29, 1.82) is 0 Å². The minimum atomic E-state index is -0.830. The first kappa shape index (κ1) is 8.31. The van der Waals surface area contributed by atoms with E-state index in [1.165, 1.54) is 4.68 Å². The monoisotopic (exact) mass is 176 g/mol. The summed E-state index contributed by atoms with van der Waals surface area (Å²) in [5, 5.41) is 26.8. The third-order valence-electron chi connectivity index (χ3n) is 1.14. The third-order valence-corrected chi connectivity index (χ3v) is 1.44. The van der Waals surface area contributed by atoms with Gasteiger partial charge in [0, 0.05) is 0 Å². The van der Waals surface area contributed by atoms with Gasteiger partial charge in [0.1, 0.15) is 0 Å². The van der Waals surface area contributed by atoms with Gasteiger partial charge in [0.15, 0.2) is 0 Å². The van der Waals surface area contributed by atoms with Crippen molar-refractivity contribution in [3.8, 4) is 0 Å². The van der Waals surface area contributed by atoms with Gasteiger partial charge in [-0.15, -0.1) is 0 Å². The van der Waals surface area contributed by atoms with Gasteiger partial charge >= 0.3 is 0 Å². The molecule has 0 bridgehead atoms. The zero-order valence-corrected chi connectivity index (χ0v) is 6.45. The second kappa shape index (κ2) is 3.56. The summed E-state index contributed by atoms with van der Waals surface area (Å²) in [5.41, 5.74) is 0. The number of nitrogens with zero attached hydrogens (tertiary/aromatic N) is 3. The zero-order chi connectivity index (χ0) is 8.27. The summed E-state index contributed by atoms with van der Waals surface area (Å²) in [6.45, 7) is -0.122. The molecule has 1 atom stereocenters. The SMILES string of the molecule is OCC(O)Cn1[nH]nnc1=S. The smallest absolute Gasteiger partial charge is 0.238 e. The third kappa shape index (κ3) is 2.07. The quantitative estimate of drug-likeness (QED) is 0.498. The highest BCUT2D eigenvalue weighted by atomic mass is 32.1. The summed E-state index contributed by atoms with van der Waals surface area (Å²) in [5.74, 6) is 0. The molecule has 0 spiro atoms. The van der Waals surface area contributed by atoms with Crippen molar-refractivity contribution in [2.45, 2.75) is 12.6 Å².